The van der Waals surface area contributed by atoms with Gasteiger partial charge in [-0.25, -0.2) is 0 Å². The monoisotopic (exact) mass is 626 g/mol. The molecule has 9 aromatic carbocycles. The maximum atomic E-state index is 2.39. The minimum absolute atomic E-state index is 0.0682. The van der Waals surface area contributed by atoms with Crippen LogP contribution < -0.4 is 0 Å². The van der Waals surface area contributed by atoms with Gasteiger partial charge in [0.2, 0.25) is 0 Å². The molecule has 48 heavy (non-hydrogen) atoms. The Morgan fingerprint density at radius 1 is 0.292 bits per heavy atom. The van der Waals surface area contributed by atoms with Crippen LogP contribution in [0.4, 0.5) is 0 Å². The van der Waals surface area contributed by atoms with E-state index in [0.29, 0.717) is 0 Å². The Morgan fingerprint density at radius 2 is 0.646 bits per heavy atom. The summed E-state index contributed by atoms with van der Waals surface area (Å²) in [4.78, 5) is 2.75. The van der Waals surface area contributed by atoms with Gasteiger partial charge in [0.1, 0.15) is 0 Å². The summed E-state index contributed by atoms with van der Waals surface area (Å²) in [7, 11) is 0. The first-order valence-corrected chi connectivity index (χ1v) is 17.5. The van der Waals surface area contributed by atoms with Gasteiger partial charge in [-0.15, -0.1) is 0 Å². The predicted molar refractivity (Wildman–Crippen MR) is 205 cm³/mol. The second-order valence-corrected chi connectivity index (χ2v) is 13.8. The zero-order chi connectivity index (χ0) is 31.6. The average molecular weight is 627 g/mol. The maximum Gasteiger partial charge on any atom is 0.0375 e. The molecule has 0 aliphatic carbocycles. The van der Waals surface area contributed by atoms with Gasteiger partial charge in [0, 0.05) is 15.7 Å². The van der Waals surface area contributed by atoms with Crippen LogP contribution in [0.5, 0.6) is 0 Å². The van der Waals surface area contributed by atoms with E-state index >= 15 is 0 Å². The van der Waals surface area contributed by atoms with Crippen molar-refractivity contribution in [1.29, 1.82) is 0 Å². The van der Waals surface area contributed by atoms with Crippen LogP contribution in [-0.4, -0.2) is 0 Å². The summed E-state index contributed by atoms with van der Waals surface area (Å²) in [6.07, 6.45) is 0. The smallest absolute Gasteiger partial charge is 0.0375 e. The molecule has 0 amide bonds. The van der Waals surface area contributed by atoms with Gasteiger partial charge < -0.3 is 0 Å². The molecule has 0 saturated heterocycles. The van der Waals surface area contributed by atoms with Gasteiger partial charge in [-0.2, -0.15) is 0 Å². The highest BCUT2D eigenvalue weighted by molar-refractivity contribution is 8.00. The highest BCUT2D eigenvalue weighted by Gasteiger charge is 2.34. The first kappa shape index (κ1) is 27.5. The zero-order valence-electron chi connectivity index (χ0n) is 26.2. The van der Waals surface area contributed by atoms with Crippen LogP contribution in [0.15, 0.2) is 186 Å². The van der Waals surface area contributed by atoms with E-state index in [0.717, 1.165) is 0 Å². The third kappa shape index (κ3) is 4.11. The van der Waals surface area contributed by atoms with Gasteiger partial charge in [0.25, 0.3) is 0 Å². The van der Waals surface area contributed by atoms with Crippen molar-refractivity contribution in [3.63, 3.8) is 0 Å². The van der Waals surface area contributed by atoms with Crippen LogP contribution in [0.3, 0.4) is 0 Å². The molecule has 0 spiro atoms. The van der Waals surface area contributed by atoms with Gasteiger partial charge in [-0.05, 0) is 82.0 Å². The summed E-state index contributed by atoms with van der Waals surface area (Å²) < 4.78 is 0. The summed E-state index contributed by atoms with van der Waals surface area (Å²) in [5.41, 5.74) is 9.13. The third-order valence-electron chi connectivity index (χ3n) is 10.2. The van der Waals surface area contributed by atoms with E-state index in [-0.39, 0.29) is 5.92 Å². The fourth-order valence-corrected chi connectivity index (χ4v) is 9.56. The molecule has 0 atom stereocenters. The Hall–Kier alpha value is -5.63. The van der Waals surface area contributed by atoms with Gasteiger partial charge >= 0.3 is 0 Å². The minimum atomic E-state index is 0.0682. The average Bonchev–Trinajstić information content (AvgIpc) is 3.18. The molecule has 1 heteroatoms. The Labute approximate surface area is 284 Å². The third-order valence-corrected chi connectivity index (χ3v) is 11.5. The van der Waals surface area contributed by atoms with Crippen LogP contribution in [0.1, 0.15) is 22.6 Å². The van der Waals surface area contributed by atoms with Gasteiger partial charge in [0.15, 0.2) is 0 Å². The highest BCUT2D eigenvalue weighted by Crippen LogP contribution is 2.57. The molecule has 0 saturated carbocycles. The molecule has 9 aromatic rings. The largest absolute Gasteiger partial charge is 0.0881 e. The molecule has 1 aliphatic rings. The normalized spacial score (nSPS) is 12.8. The summed E-state index contributed by atoms with van der Waals surface area (Å²) in [6, 6.07) is 65.0. The summed E-state index contributed by atoms with van der Waals surface area (Å²) in [5.74, 6) is 0.0682. The second kappa shape index (κ2) is 11.0. The van der Waals surface area contributed by atoms with E-state index in [9.17, 15) is 0 Å². The van der Waals surface area contributed by atoms with Crippen LogP contribution in [0.2, 0.25) is 0 Å². The molecule has 0 bridgehead atoms. The molecule has 1 heterocycles. The first-order valence-electron chi connectivity index (χ1n) is 16.6. The van der Waals surface area contributed by atoms with E-state index in [1.54, 1.807) is 0 Å². The lowest BCUT2D eigenvalue weighted by molar-refractivity contribution is 0.938. The number of fused-ring (bicyclic) bond motifs is 12. The predicted octanol–water partition coefficient (Wildman–Crippen LogP) is 13.3. The summed E-state index contributed by atoms with van der Waals surface area (Å²) in [5, 5.41) is 10.6. The number of benzene rings is 9. The Morgan fingerprint density at radius 3 is 1.12 bits per heavy atom. The molecular formula is C47H30S. The van der Waals surface area contributed by atoms with Gasteiger partial charge in [0.05, 0.1) is 0 Å². The molecule has 0 radical (unpaired) electrons. The van der Waals surface area contributed by atoms with Crippen molar-refractivity contribution < 1.29 is 0 Å². The van der Waals surface area contributed by atoms with E-state index in [1.807, 2.05) is 11.8 Å². The summed E-state index contributed by atoms with van der Waals surface area (Å²) in [6.45, 7) is 0. The number of hydrogen-bond acceptors (Lipinski definition) is 1. The van der Waals surface area contributed by atoms with Crippen molar-refractivity contribution >= 4 is 54.9 Å². The quantitative estimate of drug-likeness (QED) is 0.176. The highest BCUT2D eigenvalue weighted by atomic mass is 32.2. The van der Waals surface area contributed by atoms with E-state index in [1.165, 1.54) is 91.8 Å². The van der Waals surface area contributed by atoms with E-state index in [2.05, 4.69) is 176 Å². The molecule has 1 aliphatic heterocycles. The maximum absolute atomic E-state index is 2.39. The molecular weight excluding hydrogens is 597 g/mol. The van der Waals surface area contributed by atoms with Gasteiger partial charge in [-0.1, -0.05) is 188 Å². The summed E-state index contributed by atoms with van der Waals surface area (Å²) >= 11 is 1.97. The van der Waals surface area contributed by atoms with Crippen molar-refractivity contribution in [2.45, 2.75) is 15.7 Å². The fraction of sp³-hybridized carbons (Fsp3) is 0.0213. The fourth-order valence-electron chi connectivity index (χ4n) is 8.10. The van der Waals surface area contributed by atoms with Gasteiger partial charge in [-0.3, -0.25) is 0 Å². The van der Waals surface area contributed by atoms with Crippen LogP contribution >= 0.6 is 11.8 Å². The Balaban J connectivity index is 1.28. The zero-order valence-corrected chi connectivity index (χ0v) is 27.0. The Kier molecular flexibility index (Phi) is 6.28. The second-order valence-electron chi connectivity index (χ2n) is 12.7. The molecule has 0 nitrogen and oxygen atoms in total. The molecule has 0 N–H and O–H groups in total. The number of rotatable bonds is 3. The SMILES string of the molecule is c1ccc(-c2ccccc2-c2ccc(C3c4c(c5ccccc5c5ccccc45)Sc4c3c3ccccc3c3ccccc43)cc2)cc1. The van der Waals surface area contributed by atoms with Crippen molar-refractivity contribution in [3.8, 4) is 22.3 Å². The Bertz CT molecular complexity index is 2560. The molecule has 0 unspecified atom stereocenters. The van der Waals surface area contributed by atoms with Crippen LogP contribution in [-0.2, 0) is 0 Å². The van der Waals surface area contributed by atoms with Crippen LogP contribution in [0, 0.1) is 0 Å². The topological polar surface area (TPSA) is 0 Å². The minimum Gasteiger partial charge on any atom is -0.0881 e. The standard InChI is InChI=1S/C47H30S/c1-2-14-30(15-3-1)33-16-4-5-17-34(33)31-26-28-32(29-27-31)43-44-39-22-10-6-18-35(39)37-20-8-12-24-41(37)46(44)48-47-42-25-13-9-21-38(42)36-19-7-11-23-40(36)45(43)47/h1-29,43H. The molecule has 0 fully saturated rings. The first-order chi connectivity index (χ1) is 23.8. The van der Waals surface area contributed by atoms with Crippen molar-refractivity contribution in [3.05, 3.63) is 193 Å². The van der Waals surface area contributed by atoms with Crippen molar-refractivity contribution in [1.82, 2.24) is 0 Å². The van der Waals surface area contributed by atoms with Crippen molar-refractivity contribution in [2.24, 2.45) is 0 Å². The van der Waals surface area contributed by atoms with E-state index in [4.69, 9.17) is 0 Å². The lowest BCUT2D eigenvalue weighted by Crippen LogP contribution is -2.13. The molecule has 10 rings (SSSR count). The number of hydrogen-bond donors (Lipinski definition) is 0. The molecule has 224 valence electrons. The van der Waals surface area contributed by atoms with E-state index < -0.39 is 0 Å². The molecule has 0 aromatic heterocycles. The van der Waals surface area contributed by atoms with Crippen molar-refractivity contribution in [2.75, 3.05) is 0 Å². The lowest BCUT2D eigenvalue weighted by Gasteiger charge is -2.33. The van der Waals surface area contributed by atoms with Crippen LogP contribution in [0.25, 0.3) is 65.3 Å². The lowest BCUT2D eigenvalue weighted by atomic mass is 9.78.